The molecular weight excluding hydrogens is 294 g/mol. The molecule has 120 valence electrons. The van der Waals surface area contributed by atoms with Crippen molar-refractivity contribution in [1.29, 1.82) is 0 Å². The fourth-order valence-electron chi connectivity index (χ4n) is 2.99. The number of aliphatic carboxylic acids is 1. The fourth-order valence-corrected chi connectivity index (χ4v) is 2.99. The number of fused-ring (bicyclic) bond motifs is 1. The molecule has 1 amide bonds. The van der Waals surface area contributed by atoms with Crippen molar-refractivity contribution in [2.75, 3.05) is 25.5 Å². The van der Waals surface area contributed by atoms with E-state index in [4.69, 9.17) is 0 Å². The van der Waals surface area contributed by atoms with Crippen molar-refractivity contribution in [2.24, 2.45) is 0 Å². The van der Waals surface area contributed by atoms with Crippen molar-refractivity contribution in [3.05, 3.63) is 35.9 Å². The third-order valence-corrected chi connectivity index (χ3v) is 4.19. The Morgan fingerprint density at radius 1 is 1.30 bits per heavy atom. The molecule has 23 heavy (non-hydrogen) atoms. The summed E-state index contributed by atoms with van der Waals surface area (Å²) < 4.78 is 0. The number of hydrogen-bond acceptors (Lipinski definition) is 4. The Morgan fingerprint density at radius 2 is 2.04 bits per heavy atom. The predicted molar refractivity (Wildman–Crippen MR) is 87.8 cm³/mol. The summed E-state index contributed by atoms with van der Waals surface area (Å²) in [7, 11) is 3.72. The fraction of sp³-hybridized carbons (Fsp3) is 0.353. The molecule has 1 aliphatic heterocycles. The van der Waals surface area contributed by atoms with Crippen LogP contribution in [0.3, 0.4) is 0 Å². The summed E-state index contributed by atoms with van der Waals surface area (Å²) in [6.45, 7) is 0.476. The van der Waals surface area contributed by atoms with Crippen LogP contribution >= 0.6 is 0 Å². The number of aromatic nitrogens is 1. The van der Waals surface area contributed by atoms with Gasteiger partial charge in [-0.3, -0.25) is 4.79 Å². The maximum absolute atomic E-state index is 13.0. The second kappa shape index (κ2) is 5.87. The van der Waals surface area contributed by atoms with Crippen LogP contribution in [-0.4, -0.2) is 53.5 Å². The molecule has 0 saturated carbocycles. The summed E-state index contributed by atoms with van der Waals surface area (Å²) in [5.74, 6) is -0.503. The molecule has 1 fully saturated rings. The quantitative estimate of drug-likeness (QED) is 0.938. The van der Waals surface area contributed by atoms with Gasteiger partial charge in [-0.25, -0.2) is 9.78 Å². The third-order valence-electron chi connectivity index (χ3n) is 4.19. The van der Waals surface area contributed by atoms with Gasteiger partial charge in [-0.2, -0.15) is 0 Å². The zero-order valence-corrected chi connectivity index (χ0v) is 13.2. The van der Waals surface area contributed by atoms with Gasteiger partial charge in [-0.15, -0.1) is 0 Å². The highest BCUT2D eigenvalue weighted by Gasteiger charge is 2.35. The lowest BCUT2D eigenvalue weighted by Gasteiger charge is -2.23. The Balaban J connectivity index is 2.11. The molecule has 0 bridgehead atoms. The number of anilines is 1. The molecule has 2 aromatic rings. The average Bonchev–Trinajstić information content (AvgIpc) is 3.03. The van der Waals surface area contributed by atoms with Gasteiger partial charge in [0.25, 0.3) is 5.91 Å². The van der Waals surface area contributed by atoms with Crippen LogP contribution in [0.2, 0.25) is 0 Å². The number of likely N-dealkylation sites (tertiary alicyclic amines) is 1. The van der Waals surface area contributed by atoms with Crippen molar-refractivity contribution in [3.8, 4) is 0 Å². The van der Waals surface area contributed by atoms with E-state index < -0.39 is 12.0 Å². The van der Waals surface area contributed by atoms with Gasteiger partial charge in [-0.1, -0.05) is 18.2 Å². The monoisotopic (exact) mass is 313 g/mol. The molecule has 1 N–H and O–H groups in total. The first kappa shape index (κ1) is 15.3. The van der Waals surface area contributed by atoms with Crippen molar-refractivity contribution < 1.29 is 14.7 Å². The minimum Gasteiger partial charge on any atom is -0.480 e. The van der Waals surface area contributed by atoms with Crippen molar-refractivity contribution in [2.45, 2.75) is 18.9 Å². The Morgan fingerprint density at radius 3 is 2.74 bits per heavy atom. The highest BCUT2D eigenvalue weighted by atomic mass is 16.4. The van der Waals surface area contributed by atoms with E-state index in [-0.39, 0.29) is 5.91 Å². The third kappa shape index (κ3) is 2.72. The predicted octanol–water partition coefficient (Wildman–Crippen LogP) is 1.99. The van der Waals surface area contributed by atoms with E-state index in [9.17, 15) is 14.7 Å². The molecule has 1 aromatic heterocycles. The molecule has 6 heteroatoms. The van der Waals surface area contributed by atoms with Gasteiger partial charge in [0.1, 0.15) is 11.9 Å². The van der Waals surface area contributed by atoms with Crippen LogP contribution in [0.4, 0.5) is 5.82 Å². The molecule has 2 heterocycles. The first-order valence-corrected chi connectivity index (χ1v) is 7.60. The number of hydrogen-bond donors (Lipinski definition) is 1. The van der Waals surface area contributed by atoms with Gasteiger partial charge in [0.15, 0.2) is 0 Å². The average molecular weight is 313 g/mol. The standard InChI is InChI=1S/C17H19N3O3/c1-19(2)15-10-12(11-6-3-4-7-13(11)18-15)16(21)20-9-5-8-14(20)17(22)23/h3-4,6-7,10,14H,5,8-9H2,1-2H3,(H,22,23)/t14-/m1/s1. The van der Waals surface area contributed by atoms with Gasteiger partial charge in [-0.05, 0) is 25.0 Å². The van der Waals surface area contributed by atoms with Crippen LogP contribution in [-0.2, 0) is 4.79 Å². The molecule has 6 nitrogen and oxygen atoms in total. The molecular formula is C17H19N3O3. The van der Waals surface area contributed by atoms with Crippen LogP contribution in [0.25, 0.3) is 10.9 Å². The summed E-state index contributed by atoms with van der Waals surface area (Å²) >= 11 is 0. The molecule has 3 rings (SSSR count). The van der Waals surface area contributed by atoms with E-state index in [1.807, 2.05) is 43.3 Å². The zero-order valence-electron chi connectivity index (χ0n) is 13.2. The SMILES string of the molecule is CN(C)c1cc(C(=O)N2CCC[C@@H]2C(=O)O)c2ccccc2n1. The number of nitrogens with zero attached hydrogens (tertiary/aromatic N) is 3. The van der Waals surface area contributed by atoms with Crippen LogP contribution < -0.4 is 4.90 Å². The van der Waals surface area contributed by atoms with Gasteiger partial charge < -0.3 is 14.9 Å². The number of para-hydroxylation sites is 1. The lowest BCUT2D eigenvalue weighted by molar-refractivity contribution is -0.141. The van der Waals surface area contributed by atoms with Crippen molar-refractivity contribution in [3.63, 3.8) is 0 Å². The van der Waals surface area contributed by atoms with Crippen LogP contribution in [0.1, 0.15) is 23.2 Å². The van der Waals surface area contributed by atoms with Gasteiger partial charge in [0.2, 0.25) is 0 Å². The largest absolute Gasteiger partial charge is 0.480 e. The summed E-state index contributed by atoms with van der Waals surface area (Å²) in [6, 6.07) is 8.44. The van der Waals surface area contributed by atoms with Gasteiger partial charge in [0, 0.05) is 26.0 Å². The van der Waals surface area contributed by atoms with Crippen molar-refractivity contribution in [1.82, 2.24) is 9.88 Å². The van der Waals surface area contributed by atoms with E-state index in [1.54, 1.807) is 6.07 Å². The Hall–Kier alpha value is -2.63. The number of carbonyl (C=O) groups excluding carboxylic acids is 1. The van der Waals surface area contributed by atoms with Crippen LogP contribution in [0.15, 0.2) is 30.3 Å². The molecule has 0 aliphatic carbocycles. The number of carboxylic acid groups (broad SMARTS) is 1. The molecule has 1 aliphatic rings. The van der Waals surface area contributed by atoms with Crippen molar-refractivity contribution >= 4 is 28.6 Å². The van der Waals surface area contributed by atoms with Crippen LogP contribution in [0, 0.1) is 0 Å². The Labute approximate surface area is 134 Å². The zero-order chi connectivity index (χ0) is 16.6. The smallest absolute Gasteiger partial charge is 0.326 e. The van der Waals surface area contributed by atoms with E-state index in [1.165, 1.54) is 4.90 Å². The second-order valence-electron chi connectivity index (χ2n) is 5.93. The maximum Gasteiger partial charge on any atom is 0.326 e. The van der Waals surface area contributed by atoms with E-state index in [2.05, 4.69) is 4.98 Å². The first-order chi connectivity index (χ1) is 11.0. The van der Waals surface area contributed by atoms with E-state index in [0.717, 1.165) is 10.9 Å². The minimum atomic E-state index is -0.943. The highest BCUT2D eigenvalue weighted by molar-refractivity contribution is 6.08. The van der Waals surface area contributed by atoms with E-state index in [0.29, 0.717) is 30.8 Å². The number of amides is 1. The molecule has 1 aromatic carbocycles. The lowest BCUT2D eigenvalue weighted by atomic mass is 10.1. The summed E-state index contributed by atoms with van der Waals surface area (Å²) in [5, 5.41) is 10.1. The van der Waals surface area contributed by atoms with Crippen LogP contribution in [0.5, 0.6) is 0 Å². The molecule has 0 radical (unpaired) electrons. The molecule has 0 spiro atoms. The number of carboxylic acids is 1. The van der Waals surface area contributed by atoms with Gasteiger partial charge in [0.05, 0.1) is 11.1 Å². The molecule has 1 atom stereocenters. The number of pyridine rings is 1. The van der Waals surface area contributed by atoms with Gasteiger partial charge >= 0.3 is 5.97 Å². The number of rotatable bonds is 3. The summed E-state index contributed by atoms with van der Waals surface area (Å²) in [4.78, 5) is 32.2. The Kier molecular flexibility index (Phi) is 3.90. The maximum atomic E-state index is 13.0. The normalized spacial score (nSPS) is 17.5. The Bertz CT molecular complexity index is 773. The first-order valence-electron chi connectivity index (χ1n) is 7.60. The van der Waals surface area contributed by atoms with E-state index >= 15 is 0 Å². The second-order valence-corrected chi connectivity index (χ2v) is 5.93. The minimum absolute atomic E-state index is 0.239. The molecule has 0 unspecified atom stereocenters. The topological polar surface area (TPSA) is 73.7 Å². The number of benzene rings is 1. The number of carbonyl (C=O) groups is 2. The highest BCUT2D eigenvalue weighted by Crippen LogP contribution is 2.26. The summed E-state index contributed by atoms with van der Waals surface area (Å²) in [5.41, 5.74) is 1.24. The summed E-state index contributed by atoms with van der Waals surface area (Å²) in [6.07, 6.45) is 1.22. The molecule has 1 saturated heterocycles. The lowest BCUT2D eigenvalue weighted by Crippen LogP contribution is -2.40.